The summed E-state index contributed by atoms with van der Waals surface area (Å²) in [6, 6.07) is 16.2. The van der Waals surface area contributed by atoms with Gasteiger partial charge >= 0.3 is 11.9 Å². The van der Waals surface area contributed by atoms with Crippen molar-refractivity contribution in [3.63, 3.8) is 0 Å². The smallest absolute Gasteiger partial charge is 0.306 e. The third-order valence-corrected chi connectivity index (χ3v) is 5.60. The fraction of sp³-hybridized carbons (Fsp3) is 0.500. The van der Waals surface area contributed by atoms with Crippen LogP contribution in [-0.2, 0) is 27.2 Å². The van der Waals surface area contributed by atoms with Gasteiger partial charge in [0.05, 0.1) is 20.0 Å². The number of carboxylic acids is 1. The first-order valence-corrected chi connectivity index (χ1v) is 12.3. The van der Waals surface area contributed by atoms with Crippen LogP contribution in [0.4, 0.5) is 0 Å². The Kier molecular flexibility index (Phi) is 12.7. The number of carbonyl (C=O) groups excluding carboxylic acids is 1. The Morgan fingerprint density at radius 1 is 0.943 bits per heavy atom. The van der Waals surface area contributed by atoms with Crippen LogP contribution in [0.15, 0.2) is 48.5 Å². The lowest BCUT2D eigenvalue weighted by Crippen LogP contribution is -2.35. The van der Waals surface area contributed by atoms with Gasteiger partial charge < -0.3 is 24.2 Å². The van der Waals surface area contributed by atoms with E-state index < -0.39 is 18.0 Å². The highest BCUT2D eigenvalue weighted by molar-refractivity contribution is 5.76. The Balaban J connectivity index is 1.78. The van der Waals surface area contributed by atoms with Crippen molar-refractivity contribution in [2.24, 2.45) is 0 Å². The summed E-state index contributed by atoms with van der Waals surface area (Å²) < 4.78 is 16.8. The number of likely N-dealkylation sites (N-methyl/N-ethyl adjacent to an activating group) is 1. The summed E-state index contributed by atoms with van der Waals surface area (Å²) in [6.07, 6.45) is 5.64. The van der Waals surface area contributed by atoms with Crippen LogP contribution < -0.4 is 9.47 Å². The molecule has 1 N–H and O–H groups in total. The highest BCUT2D eigenvalue weighted by Crippen LogP contribution is 2.22. The van der Waals surface area contributed by atoms with E-state index in [0.29, 0.717) is 6.54 Å². The van der Waals surface area contributed by atoms with Gasteiger partial charge in [0.25, 0.3) is 0 Å². The number of carbonyl (C=O) groups is 2. The number of hydrogen-bond donors (Lipinski definition) is 1. The van der Waals surface area contributed by atoms with Gasteiger partial charge in [0.2, 0.25) is 0 Å². The zero-order chi connectivity index (χ0) is 25.5. The number of carboxylic acid groups (broad SMARTS) is 1. The molecular weight excluding hydrogens is 446 g/mol. The van der Waals surface area contributed by atoms with Gasteiger partial charge in [0.15, 0.2) is 0 Å². The second kappa shape index (κ2) is 15.8. The van der Waals surface area contributed by atoms with Gasteiger partial charge in [0.1, 0.15) is 24.2 Å². The van der Waals surface area contributed by atoms with Crippen molar-refractivity contribution >= 4 is 11.9 Å². The molecule has 0 spiro atoms. The molecule has 192 valence electrons. The molecule has 0 aliphatic carbocycles. The van der Waals surface area contributed by atoms with Crippen molar-refractivity contribution in [1.29, 1.82) is 0 Å². The molecule has 0 radical (unpaired) electrons. The Morgan fingerprint density at radius 3 is 2.40 bits per heavy atom. The van der Waals surface area contributed by atoms with Crippen molar-refractivity contribution in [2.45, 2.75) is 57.5 Å². The Hall–Kier alpha value is -3.06. The van der Waals surface area contributed by atoms with E-state index in [4.69, 9.17) is 19.3 Å². The van der Waals surface area contributed by atoms with Crippen molar-refractivity contribution in [3.05, 3.63) is 59.7 Å². The summed E-state index contributed by atoms with van der Waals surface area (Å²) in [7, 11) is 5.47. The molecule has 2 aromatic rings. The van der Waals surface area contributed by atoms with E-state index in [2.05, 4.69) is 18.2 Å². The molecule has 1 unspecified atom stereocenters. The predicted molar refractivity (Wildman–Crippen MR) is 136 cm³/mol. The fourth-order valence-electron chi connectivity index (χ4n) is 3.85. The van der Waals surface area contributed by atoms with Crippen molar-refractivity contribution in [3.8, 4) is 11.5 Å². The number of hydrogen-bond acceptors (Lipinski definition) is 6. The van der Waals surface area contributed by atoms with Gasteiger partial charge in [-0.25, -0.2) is 0 Å². The van der Waals surface area contributed by atoms with Crippen LogP contribution in [-0.4, -0.2) is 62.4 Å². The summed E-state index contributed by atoms with van der Waals surface area (Å²) in [4.78, 5) is 24.6. The molecule has 2 rings (SSSR count). The number of benzene rings is 2. The first kappa shape index (κ1) is 28.2. The van der Waals surface area contributed by atoms with E-state index in [1.165, 1.54) is 5.56 Å². The van der Waals surface area contributed by atoms with Gasteiger partial charge in [-0.1, -0.05) is 43.2 Å². The number of methoxy groups -OCH3 is 1. The molecule has 35 heavy (non-hydrogen) atoms. The zero-order valence-electron chi connectivity index (χ0n) is 21.2. The summed E-state index contributed by atoms with van der Waals surface area (Å²) in [5, 5.41) is 8.77. The third-order valence-electron chi connectivity index (χ3n) is 5.60. The van der Waals surface area contributed by atoms with Crippen LogP contribution in [0.1, 0.15) is 49.7 Å². The molecular formula is C28H39NO6. The van der Waals surface area contributed by atoms with E-state index in [1.54, 1.807) is 7.11 Å². The van der Waals surface area contributed by atoms with Gasteiger partial charge in [-0.05, 0) is 69.1 Å². The number of ether oxygens (including phenoxy) is 3. The minimum Gasteiger partial charge on any atom is -0.497 e. The molecule has 7 heteroatoms. The van der Waals surface area contributed by atoms with Crippen molar-refractivity contribution in [2.75, 3.05) is 34.4 Å². The number of aryl methyl sites for hydroxylation is 2. The van der Waals surface area contributed by atoms with E-state index in [9.17, 15) is 9.59 Å². The predicted octanol–water partition coefficient (Wildman–Crippen LogP) is 4.76. The standard InChI is InChI=1S/C28H39NO6/c1-29(2)20-25(35-28(32)18-17-27(30)31)21-34-26-16-9-8-14-23(26)13-7-5-4-6-11-22-12-10-15-24(19-22)33-3/h8-10,12,14-16,19,25H,4-7,11,13,17-18,20-21H2,1-3H3,(H,30,31). The minimum atomic E-state index is -1.02. The average molecular weight is 486 g/mol. The number of aliphatic carboxylic acids is 1. The van der Waals surface area contributed by atoms with Crippen LogP contribution in [0.2, 0.25) is 0 Å². The van der Waals surface area contributed by atoms with Gasteiger partial charge in [-0.3, -0.25) is 9.59 Å². The lowest BCUT2D eigenvalue weighted by atomic mass is 10.0. The second-order valence-corrected chi connectivity index (χ2v) is 8.95. The van der Waals surface area contributed by atoms with E-state index in [0.717, 1.165) is 55.6 Å². The Bertz CT molecular complexity index is 914. The van der Waals surface area contributed by atoms with Crippen LogP contribution in [0.3, 0.4) is 0 Å². The molecule has 0 amide bonds. The van der Waals surface area contributed by atoms with Gasteiger partial charge in [-0.15, -0.1) is 0 Å². The molecule has 2 aromatic carbocycles. The fourth-order valence-corrected chi connectivity index (χ4v) is 3.85. The lowest BCUT2D eigenvalue weighted by Gasteiger charge is -2.22. The maximum Gasteiger partial charge on any atom is 0.306 e. The van der Waals surface area contributed by atoms with E-state index >= 15 is 0 Å². The average Bonchev–Trinajstić information content (AvgIpc) is 2.83. The monoisotopic (exact) mass is 485 g/mol. The molecule has 0 saturated carbocycles. The molecule has 0 fully saturated rings. The molecule has 0 saturated heterocycles. The number of esters is 1. The SMILES string of the molecule is COc1cccc(CCCCCCc2ccccc2OCC(CN(C)C)OC(=O)CCC(=O)O)c1. The summed E-state index contributed by atoms with van der Waals surface area (Å²) in [5.41, 5.74) is 2.44. The van der Waals surface area contributed by atoms with Gasteiger partial charge in [0, 0.05) is 6.54 Å². The Labute approximate surface area is 209 Å². The molecule has 0 aliphatic rings. The van der Waals surface area contributed by atoms with Crippen LogP contribution in [0.25, 0.3) is 0 Å². The number of unbranched alkanes of at least 4 members (excludes halogenated alkanes) is 3. The lowest BCUT2D eigenvalue weighted by molar-refractivity contribution is -0.153. The maximum absolute atomic E-state index is 12.0. The maximum atomic E-state index is 12.0. The largest absolute Gasteiger partial charge is 0.497 e. The molecule has 7 nitrogen and oxygen atoms in total. The normalized spacial score (nSPS) is 11.8. The highest BCUT2D eigenvalue weighted by atomic mass is 16.6. The number of nitrogens with zero attached hydrogens (tertiary/aromatic N) is 1. The summed E-state index contributed by atoms with van der Waals surface area (Å²) >= 11 is 0. The van der Waals surface area contributed by atoms with Gasteiger partial charge in [-0.2, -0.15) is 0 Å². The Morgan fingerprint density at radius 2 is 1.69 bits per heavy atom. The topological polar surface area (TPSA) is 85.3 Å². The van der Waals surface area contributed by atoms with Crippen LogP contribution in [0, 0.1) is 0 Å². The molecule has 0 aliphatic heterocycles. The second-order valence-electron chi connectivity index (χ2n) is 8.95. The van der Waals surface area contributed by atoms with Crippen molar-refractivity contribution < 1.29 is 28.9 Å². The highest BCUT2D eigenvalue weighted by Gasteiger charge is 2.18. The number of para-hydroxylation sites is 1. The molecule has 0 bridgehead atoms. The summed E-state index contributed by atoms with van der Waals surface area (Å²) in [5.74, 6) is 0.165. The van der Waals surface area contributed by atoms with Crippen molar-refractivity contribution in [1.82, 2.24) is 4.90 Å². The molecule has 0 aromatic heterocycles. The minimum absolute atomic E-state index is 0.145. The first-order valence-electron chi connectivity index (χ1n) is 12.3. The molecule has 1 atom stereocenters. The van der Waals surface area contributed by atoms with Crippen LogP contribution in [0.5, 0.6) is 11.5 Å². The van der Waals surface area contributed by atoms with Crippen LogP contribution >= 0.6 is 0 Å². The quantitative estimate of drug-likeness (QED) is 0.255. The zero-order valence-corrected chi connectivity index (χ0v) is 21.2. The van der Waals surface area contributed by atoms with E-state index in [-0.39, 0.29) is 19.4 Å². The van der Waals surface area contributed by atoms with E-state index in [1.807, 2.05) is 49.3 Å². The third kappa shape index (κ3) is 11.8. The summed E-state index contributed by atoms with van der Waals surface area (Å²) in [6.45, 7) is 0.711. The number of rotatable bonds is 17. The first-order chi connectivity index (χ1) is 16.9. The molecule has 0 heterocycles.